The quantitative estimate of drug-likeness (QED) is 0.579. The number of benzene rings is 1. The van der Waals surface area contributed by atoms with E-state index in [1.807, 2.05) is 35.2 Å². The van der Waals surface area contributed by atoms with Gasteiger partial charge in [0.25, 0.3) is 0 Å². The molecule has 3 fully saturated rings. The summed E-state index contributed by atoms with van der Waals surface area (Å²) in [5, 5.41) is 3.11. The van der Waals surface area contributed by atoms with Crippen molar-refractivity contribution in [3.05, 3.63) is 48.0 Å². The number of amides is 4. The lowest BCUT2D eigenvalue weighted by Gasteiger charge is -2.40. The summed E-state index contributed by atoms with van der Waals surface area (Å²) in [6, 6.07) is 9.90. The number of hydrogen-bond donors (Lipinski definition) is 1. The smallest absolute Gasteiger partial charge is 0.319 e. The number of piperidine rings is 1. The number of urea groups is 1. The van der Waals surface area contributed by atoms with Gasteiger partial charge in [-0.05, 0) is 63.4 Å². The predicted molar refractivity (Wildman–Crippen MR) is 121 cm³/mol. The third-order valence-electron chi connectivity index (χ3n) is 8.10. The molecule has 6 heteroatoms. The molecule has 1 aromatic carbocycles. The van der Waals surface area contributed by atoms with E-state index in [0.717, 1.165) is 37.7 Å². The highest BCUT2D eigenvalue weighted by Crippen LogP contribution is 2.50. The van der Waals surface area contributed by atoms with Crippen LogP contribution in [0, 0.1) is 23.7 Å². The zero-order chi connectivity index (χ0) is 22.4. The van der Waals surface area contributed by atoms with E-state index in [-0.39, 0.29) is 53.6 Å². The minimum atomic E-state index is -0.670. The number of rotatable bonds is 4. The average Bonchev–Trinajstić information content (AvgIpc) is 3.07. The van der Waals surface area contributed by atoms with Crippen molar-refractivity contribution < 1.29 is 14.4 Å². The Morgan fingerprint density at radius 2 is 1.50 bits per heavy atom. The summed E-state index contributed by atoms with van der Waals surface area (Å²) in [4.78, 5) is 43.8. The number of carbonyl (C=O) groups is 3. The van der Waals surface area contributed by atoms with Crippen molar-refractivity contribution in [3.8, 4) is 0 Å². The topological polar surface area (TPSA) is 69.7 Å². The van der Waals surface area contributed by atoms with Crippen LogP contribution < -0.4 is 5.32 Å². The Morgan fingerprint density at radius 1 is 0.938 bits per heavy atom. The second-order valence-electron chi connectivity index (χ2n) is 10.1. The van der Waals surface area contributed by atoms with Crippen molar-refractivity contribution in [1.29, 1.82) is 0 Å². The molecule has 1 N–H and O–H groups in total. The molecule has 32 heavy (non-hydrogen) atoms. The van der Waals surface area contributed by atoms with Crippen molar-refractivity contribution in [2.75, 3.05) is 0 Å². The molecule has 4 amide bonds. The van der Waals surface area contributed by atoms with Crippen molar-refractivity contribution in [1.82, 2.24) is 15.1 Å². The van der Waals surface area contributed by atoms with Gasteiger partial charge in [-0.2, -0.15) is 0 Å². The normalized spacial score (nSPS) is 34.6. The van der Waals surface area contributed by atoms with Crippen LogP contribution in [-0.2, 0) is 16.0 Å². The van der Waals surface area contributed by atoms with Crippen molar-refractivity contribution in [2.45, 2.75) is 70.6 Å². The highest BCUT2D eigenvalue weighted by atomic mass is 16.2. The predicted octanol–water partition coefficient (Wildman–Crippen LogP) is 3.72. The molecular formula is C26H33N3O3. The number of fused-ring (bicyclic) bond motifs is 1. The maximum Gasteiger partial charge on any atom is 0.319 e. The number of nitrogens with one attached hydrogen (secondary N) is 1. The van der Waals surface area contributed by atoms with Crippen LogP contribution in [0.15, 0.2) is 42.5 Å². The average molecular weight is 436 g/mol. The molecule has 170 valence electrons. The zero-order valence-corrected chi connectivity index (χ0v) is 18.9. The molecule has 0 aromatic heterocycles. The van der Waals surface area contributed by atoms with Gasteiger partial charge in [-0.3, -0.25) is 14.5 Å². The van der Waals surface area contributed by atoms with Gasteiger partial charge < -0.3 is 10.2 Å². The Morgan fingerprint density at radius 3 is 2.03 bits per heavy atom. The second-order valence-corrected chi connectivity index (χ2v) is 10.1. The van der Waals surface area contributed by atoms with E-state index >= 15 is 0 Å². The maximum absolute atomic E-state index is 13.6. The number of carbonyl (C=O) groups excluding carboxylic acids is 3. The van der Waals surface area contributed by atoms with Crippen LogP contribution in [0.2, 0.25) is 0 Å². The molecule has 2 bridgehead atoms. The molecule has 2 saturated heterocycles. The van der Waals surface area contributed by atoms with Gasteiger partial charge in [0.2, 0.25) is 11.8 Å². The lowest BCUT2D eigenvalue weighted by atomic mass is 9.63. The Bertz CT molecular complexity index is 888. The minimum absolute atomic E-state index is 0.111. The van der Waals surface area contributed by atoms with Gasteiger partial charge in [-0.25, -0.2) is 4.79 Å². The van der Waals surface area contributed by atoms with Crippen LogP contribution in [0.4, 0.5) is 4.79 Å². The Labute approximate surface area is 190 Å². The first kappa shape index (κ1) is 21.2. The molecule has 1 saturated carbocycles. The summed E-state index contributed by atoms with van der Waals surface area (Å²) >= 11 is 0. The number of nitrogens with zero attached hydrogens (tertiary/aromatic N) is 2. The minimum Gasteiger partial charge on any atom is -0.319 e. The fourth-order valence-electron chi connectivity index (χ4n) is 6.49. The molecule has 2 aliphatic heterocycles. The van der Waals surface area contributed by atoms with Gasteiger partial charge in [0.05, 0.1) is 11.8 Å². The maximum atomic E-state index is 13.6. The fraction of sp³-hybridized carbons (Fsp3) is 0.577. The van der Waals surface area contributed by atoms with Gasteiger partial charge in [-0.1, -0.05) is 42.5 Å². The SMILES string of the molecule is C[C@@H]1CCC[C@H](C)N1C(=O)N[C@H](Cc1ccccc1)N1C(=O)[C@H]2[C@H](C1=O)[C@H]1C=C[C@H]2CC1. The van der Waals surface area contributed by atoms with E-state index in [9.17, 15) is 14.4 Å². The van der Waals surface area contributed by atoms with Crippen LogP contribution in [0.3, 0.4) is 0 Å². The molecule has 3 aliphatic carbocycles. The van der Waals surface area contributed by atoms with Crippen LogP contribution in [0.25, 0.3) is 0 Å². The van der Waals surface area contributed by atoms with Crippen LogP contribution >= 0.6 is 0 Å². The van der Waals surface area contributed by atoms with Crippen LogP contribution in [0.1, 0.15) is 51.5 Å². The molecule has 0 radical (unpaired) electrons. The Balaban J connectivity index is 1.43. The molecule has 0 spiro atoms. The van der Waals surface area contributed by atoms with Crippen molar-refractivity contribution >= 4 is 17.8 Å². The first-order valence-electron chi connectivity index (χ1n) is 12.1. The first-order chi connectivity index (χ1) is 15.5. The molecule has 6 nitrogen and oxygen atoms in total. The summed E-state index contributed by atoms with van der Waals surface area (Å²) in [6.07, 6.45) is 9.00. The largest absolute Gasteiger partial charge is 0.319 e. The summed E-state index contributed by atoms with van der Waals surface area (Å²) < 4.78 is 0. The van der Waals surface area contributed by atoms with Crippen LogP contribution in [0.5, 0.6) is 0 Å². The molecule has 1 aromatic rings. The number of imide groups is 1. The van der Waals surface area contributed by atoms with Gasteiger partial charge >= 0.3 is 6.03 Å². The lowest BCUT2D eigenvalue weighted by molar-refractivity contribution is -0.143. The molecular weight excluding hydrogens is 402 g/mol. The van der Waals surface area contributed by atoms with Crippen LogP contribution in [-0.4, -0.2) is 45.9 Å². The highest BCUT2D eigenvalue weighted by molar-refractivity contribution is 6.06. The number of allylic oxidation sites excluding steroid dienone is 2. The lowest BCUT2D eigenvalue weighted by Crippen LogP contribution is -2.59. The highest BCUT2D eigenvalue weighted by Gasteiger charge is 2.58. The van der Waals surface area contributed by atoms with Crippen molar-refractivity contribution in [2.24, 2.45) is 23.7 Å². The van der Waals surface area contributed by atoms with Gasteiger partial charge in [0.15, 0.2) is 0 Å². The summed E-state index contributed by atoms with van der Waals surface area (Å²) in [5.74, 6) is -0.480. The molecule has 7 atom stereocenters. The number of hydrogen-bond acceptors (Lipinski definition) is 3. The van der Waals surface area contributed by atoms with Gasteiger partial charge in [0.1, 0.15) is 6.17 Å². The van der Waals surface area contributed by atoms with E-state index in [1.165, 1.54) is 4.90 Å². The van der Waals surface area contributed by atoms with E-state index in [2.05, 4.69) is 31.3 Å². The standard InChI is InChI=1S/C26H33N3O3/c1-16-7-6-8-17(2)28(16)26(32)27-21(15-18-9-4-3-5-10-18)29-24(30)22-19-11-12-20(14-13-19)23(22)25(29)31/h3-5,9-12,16-17,19-23H,6-8,13-15H2,1-2H3,(H,27,32)/t16-,17+,19-,20-,21-,22+,23+/m0/s1. The number of likely N-dealkylation sites (tertiary alicyclic amines) is 2. The molecule has 5 aliphatic rings. The van der Waals surface area contributed by atoms with Gasteiger partial charge in [-0.15, -0.1) is 0 Å². The first-order valence-corrected chi connectivity index (χ1v) is 12.1. The van der Waals surface area contributed by atoms with Gasteiger partial charge in [0, 0.05) is 18.5 Å². The molecule has 6 rings (SSSR count). The summed E-state index contributed by atoms with van der Waals surface area (Å²) in [6.45, 7) is 4.15. The monoisotopic (exact) mass is 435 g/mol. The summed E-state index contributed by atoms with van der Waals surface area (Å²) in [5.41, 5.74) is 0.995. The van der Waals surface area contributed by atoms with E-state index < -0.39 is 6.17 Å². The third-order valence-corrected chi connectivity index (χ3v) is 8.10. The van der Waals surface area contributed by atoms with Crippen molar-refractivity contribution in [3.63, 3.8) is 0 Å². The Kier molecular flexibility index (Phi) is 5.56. The third kappa shape index (κ3) is 3.54. The Hall–Kier alpha value is -2.63. The summed E-state index contributed by atoms with van der Waals surface area (Å²) in [7, 11) is 0. The van der Waals surface area contributed by atoms with E-state index in [0.29, 0.717) is 6.42 Å². The fourth-order valence-corrected chi connectivity index (χ4v) is 6.49. The second kappa shape index (κ2) is 8.38. The molecule has 0 unspecified atom stereocenters. The molecule has 2 heterocycles. The van der Waals surface area contributed by atoms with E-state index in [4.69, 9.17) is 0 Å². The zero-order valence-electron chi connectivity index (χ0n) is 18.9. The van der Waals surface area contributed by atoms with E-state index in [1.54, 1.807) is 0 Å².